The highest BCUT2D eigenvalue weighted by Crippen LogP contribution is 2.26. The Morgan fingerprint density at radius 1 is 1.23 bits per heavy atom. The quantitative estimate of drug-likeness (QED) is 0.617. The van der Waals surface area contributed by atoms with Gasteiger partial charge in [-0.15, -0.1) is 0 Å². The van der Waals surface area contributed by atoms with Gasteiger partial charge in [0, 0.05) is 6.20 Å². The van der Waals surface area contributed by atoms with E-state index in [9.17, 15) is 9.18 Å². The molecule has 4 aromatic rings. The van der Waals surface area contributed by atoms with Crippen molar-refractivity contribution >= 4 is 38.1 Å². The largest absolute Gasteiger partial charge is 0.296 e. The molecule has 0 unspecified atom stereocenters. The summed E-state index contributed by atoms with van der Waals surface area (Å²) in [7, 11) is 0. The standard InChI is InChI=1S/C15H9FN4OS/c16-9-4-5-11-13(7-9)22-15(17-11)18-14(21)12-8-10-3-1-2-6-20(10)19-12/h1-8H,(H,17,18,21). The summed E-state index contributed by atoms with van der Waals surface area (Å²) in [5.41, 5.74) is 1.78. The molecule has 1 N–H and O–H groups in total. The average molecular weight is 312 g/mol. The van der Waals surface area contributed by atoms with E-state index < -0.39 is 0 Å². The highest BCUT2D eigenvalue weighted by molar-refractivity contribution is 7.22. The van der Waals surface area contributed by atoms with Crippen LogP contribution in [0.4, 0.5) is 9.52 Å². The van der Waals surface area contributed by atoms with Gasteiger partial charge in [0.05, 0.1) is 15.7 Å². The molecule has 0 fully saturated rings. The van der Waals surface area contributed by atoms with Gasteiger partial charge in [-0.25, -0.2) is 13.9 Å². The van der Waals surface area contributed by atoms with Gasteiger partial charge in [-0.3, -0.25) is 10.1 Å². The molecular weight excluding hydrogens is 303 g/mol. The number of hydrogen-bond donors (Lipinski definition) is 1. The Balaban J connectivity index is 1.64. The first kappa shape index (κ1) is 12.9. The topological polar surface area (TPSA) is 59.3 Å². The van der Waals surface area contributed by atoms with E-state index in [1.54, 1.807) is 22.8 Å². The maximum Gasteiger partial charge on any atom is 0.277 e. The van der Waals surface area contributed by atoms with E-state index >= 15 is 0 Å². The van der Waals surface area contributed by atoms with Crippen LogP contribution in [0.1, 0.15) is 10.5 Å². The van der Waals surface area contributed by atoms with E-state index in [0.717, 1.165) is 5.52 Å². The number of anilines is 1. The number of amides is 1. The molecule has 22 heavy (non-hydrogen) atoms. The minimum absolute atomic E-state index is 0.302. The normalized spacial score (nSPS) is 11.1. The van der Waals surface area contributed by atoms with Crippen molar-refractivity contribution < 1.29 is 9.18 Å². The Morgan fingerprint density at radius 2 is 2.14 bits per heavy atom. The van der Waals surface area contributed by atoms with Crippen molar-refractivity contribution in [1.82, 2.24) is 14.6 Å². The highest BCUT2D eigenvalue weighted by Gasteiger charge is 2.13. The number of rotatable bonds is 2. The van der Waals surface area contributed by atoms with E-state index in [1.165, 1.54) is 23.5 Å². The molecule has 0 aliphatic heterocycles. The van der Waals surface area contributed by atoms with Gasteiger partial charge in [-0.05, 0) is 36.4 Å². The van der Waals surface area contributed by atoms with Gasteiger partial charge < -0.3 is 0 Å². The van der Waals surface area contributed by atoms with Crippen molar-refractivity contribution in [2.24, 2.45) is 0 Å². The molecule has 108 valence electrons. The van der Waals surface area contributed by atoms with Crippen LogP contribution in [-0.2, 0) is 0 Å². The van der Waals surface area contributed by atoms with Crippen LogP contribution in [0.5, 0.6) is 0 Å². The molecule has 0 saturated carbocycles. The smallest absolute Gasteiger partial charge is 0.277 e. The van der Waals surface area contributed by atoms with Crippen LogP contribution in [-0.4, -0.2) is 20.5 Å². The summed E-state index contributed by atoms with van der Waals surface area (Å²) in [5, 5.41) is 7.32. The Hall–Kier alpha value is -2.80. The number of thiazole rings is 1. The van der Waals surface area contributed by atoms with E-state index in [1.807, 2.05) is 18.2 Å². The van der Waals surface area contributed by atoms with Crippen LogP contribution in [0.25, 0.3) is 15.7 Å². The molecule has 1 amide bonds. The monoisotopic (exact) mass is 312 g/mol. The van der Waals surface area contributed by atoms with Gasteiger partial charge in [0.1, 0.15) is 5.82 Å². The van der Waals surface area contributed by atoms with E-state index in [0.29, 0.717) is 21.0 Å². The third-order valence-corrected chi connectivity index (χ3v) is 4.11. The SMILES string of the molecule is O=C(Nc1nc2ccc(F)cc2s1)c1cc2ccccn2n1. The molecule has 0 spiro atoms. The third-order valence-electron chi connectivity index (χ3n) is 3.17. The second kappa shape index (κ2) is 4.88. The molecule has 0 aliphatic rings. The van der Waals surface area contributed by atoms with E-state index in [-0.39, 0.29) is 11.7 Å². The number of halogens is 1. The zero-order valence-corrected chi connectivity index (χ0v) is 12.0. The van der Waals surface area contributed by atoms with Crippen molar-refractivity contribution in [2.45, 2.75) is 0 Å². The summed E-state index contributed by atoms with van der Waals surface area (Å²) in [5.74, 6) is -0.669. The van der Waals surface area contributed by atoms with E-state index in [2.05, 4.69) is 15.4 Å². The summed E-state index contributed by atoms with van der Waals surface area (Å²) in [6, 6.07) is 11.6. The van der Waals surface area contributed by atoms with Gasteiger partial charge in [0.15, 0.2) is 10.8 Å². The Kier molecular flexibility index (Phi) is 2.87. The number of nitrogens with one attached hydrogen (secondary N) is 1. The molecule has 5 nitrogen and oxygen atoms in total. The first-order valence-corrected chi connectivity index (χ1v) is 7.32. The van der Waals surface area contributed by atoms with Gasteiger partial charge in [-0.1, -0.05) is 17.4 Å². The summed E-state index contributed by atoms with van der Waals surface area (Å²) >= 11 is 1.22. The van der Waals surface area contributed by atoms with Crippen molar-refractivity contribution in [3.63, 3.8) is 0 Å². The first-order chi connectivity index (χ1) is 10.7. The first-order valence-electron chi connectivity index (χ1n) is 6.51. The fourth-order valence-corrected chi connectivity index (χ4v) is 3.05. The second-order valence-corrected chi connectivity index (χ2v) is 5.72. The lowest BCUT2D eigenvalue weighted by Crippen LogP contribution is -2.12. The molecule has 0 radical (unpaired) electrons. The number of fused-ring (bicyclic) bond motifs is 2. The van der Waals surface area contributed by atoms with Crippen molar-refractivity contribution in [2.75, 3.05) is 5.32 Å². The molecule has 4 rings (SSSR count). The number of pyridine rings is 1. The third kappa shape index (κ3) is 2.21. The predicted molar refractivity (Wildman–Crippen MR) is 82.7 cm³/mol. The van der Waals surface area contributed by atoms with Gasteiger partial charge in [0.25, 0.3) is 5.91 Å². The minimum Gasteiger partial charge on any atom is -0.296 e. The number of hydrogen-bond acceptors (Lipinski definition) is 4. The summed E-state index contributed by atoms with van der Waals surface area (Å²) in [6.07, 6.45) is 1.77. The fraction of sp³-hybridized carbons (Fsp3) is 0. The van der Waals surface area contributed by atoms with Crippen LogP contribution in [0.3, 0.4) is 0 Å². The fourth-order valence-electron chi connectivity index (χ4n) is 2.16. The van der Waals surface area contributed by atoms with Crippen LogP contribution in [0, 0.1) is 5.82 Å². The van der Waals surface area contributed by atoms with Crippen LogP contribution in [0.15, 0.2) is 48.7 Å². The molecule has 0 saturated heterocycles. The molecule has 0 bridgehead atoms. The molecular formula is C15H9FN4OS. The van der Waals surface area contributed by atoms with Crippen LogP contribution in [0.2, 0.25) is 0 Å². The molecule has 7 heteroatoms. The predicted octanol–water partition coefficient (Wildman–Crippen LogP) is 3.34. The number of carbonyl (C=O) groups is 1. The Bertz CT molecular complexity index is 974. The van der Waals surface area contributed by atoms with Crippen molar-refractivity contribution in [3.05, 3.63) is 60.2 Å². The average Bonchev–Trinajstić information content (AvgIpc) is 3.09. The zero-order valence-electron chi connectivity index (χ0n) is 11.2. The zero-order chi connectivity index (χ0) is 15.1. The van der Waals surface area contributed by atoms with Gasteiger partial charge >= 0.3 is 0 Å². The Labute approximate surface area is 128 Å². The summed E-state index contributed by atoms with van der Waals surface area (Å²) < 4.78 is 15.5. The van der Waals surface area contributed by atoms with Crippen molar-refractivity contribution in [1.29, 1.82) is 0 Å². The van der Waals surface area contributed by atoms with E-state index in [4.69, 9.17) is 0 Å². The summed E-state index contributed by atoms with van der Waals surface area (Å²) in [4.78, 5) is 16.5. The number of nitrogens with zero attached hydrogens (tertiary/aromatic N) is 3. The molecule has 3 heterocycles. The van der Waals surface area contributed by atoms with Crippen LogP contribution < -0.4 is 5.32 Å². The molecule has 3 aromatic heterocycles. The summed E-state index contributed by atoms with van der Waals surface area (Å²) in [6.45, 7) is 0. The van der Waals surface area contributed by atoms with Crippen LogP contribution >= 0.6 is 11.3 Å². The maximum atomic E-state index is 13.2. The van der Waals surface area contributed by atoms with Crippen molar-refractivity contribution in [3.8, 4) is 0 Å². The maximum absolute atomic E-state index is 13.2. The number of benzene rings is 1. The number of aromatic nitrogens is 3. The minimum atomic E-state index is -0.344. The van der Waals surface area contributed by atoms with Gasteiger partial charge in [-0.2, -0.15) is 5.10 Å². The lowest BCUT2D eigenvalue weighted by atomic mass is 10.3. The molecule has 1 aromatic carbocycles. The number of carbonyl (C=O) groups excluding carboxylic acids is 1. The van der Waals surface area contributed by atoms with Gasteiger partial charge in [0.2, 0.25) is 0 Å². The second-order valence-electron chi connectivity index (χ2n) is 4.68. The lowest BCUT2D eigenvalue weighted by molar-refractivity contribution is 0.102. The lowest BCUT2D eigenvalue weighted by Gasteiger charge is -1.96. The molecule has 0 atom stereocenters. The molecule has 0 aliphatic carbocycles. The highest BCUT2D eigenvalue weighted by atomic mass is 32.1. The Morgan fingerprint density at radius 3 is 3.00 bits per heavy atom.